The maximum Gasteiger partial charge on any atom is 0.217 e. The molecule has 1 saturated carbocycles. The van der Waals surface area contributed by atoms with Crippen LogP contribution >= 0.6 is 0 Å². The van der Waals surface area contributed by atoms with Crippen LogP contribution in [0.4, 0.5) is 0 Å². The molecular formula is C15H28N2O2. The van der Waals surface area contributed by atoms with Gasteiger partial charge in [-0.15, -0.1) is 0 Å². The van der Waals surface area contributed by atoms with Gasteiger partial charge in [0.15, 0.2) is 0 Å². The lowest BCUT2D eigenvalue weighted by Gasteiger charge is -2.42. The Morgan fingerprint density at radius 2 is 2.16 bits per heavy atom. The van der Waals surface area contributed by atoms with Crippen molar-refractivity contribution in [3.8, 4) is 0 Å². The first-order valence-electron chi connectivity index (χ1n) is 7.76. The molecule has 110 valence electrons. The van der Waals surface area contributed by atoms with Gasteiger partial charge in [-0.25, -0.2) is 0 Å². The molecule has 2 N–H and O–H groups in total. The fourth-order valence-corrected chi connectivity index (χ4v) is 3.67. The number of likely N-dealkylation sites (tertiary alicyclic amines) is 1. The summed E-state index contributed by atoms with van der Waals surface area (Å²) in [7, 11) is 0. The number of carbonyl (C=O) groups excluding carboxylic acids is 1. The number of piperidine rings is 1. The van der Waals surface area contributed by atoms with Crippen molar-refractivity contribution in [3.05, 3.63) is 0 Å². The molecule has 0 radical (unpaired) electrons. The molecule has 2 aliphatic rings. The van der Waals surface area contributed by atoms with Crippen LogP contribution in [0.2, 0.25) is 0 Å². The maximum absolute atomic E-state index is 11.3. The van der Waals surface area contributed by atoms with Gasteiger partial charge in [-0.1, -0.05) is 6.92 Å². The lowest BCUT2D eigenvalue weighted by atomic mass is 9.89. The summed E-state index contributed by atoms with van der Waals surface area (Å²) in [5, 5.41) is 12.3. The number of nitrogens with one attached hydrogen (secondary N) is 1. The molecule has 2 rings (SSSR count). The zero-order chi connectivity index (χ0) is 13.8. The quantitative estimate of drug-likeness (QED) is 0.765. The van der Waals surface area contributed by atoms with E-state index in [1.54, 1.807) is 6.92 Å². The monoisotopic (exact) mass is 268 g/mol. The van der Waals surface area contributed by atoms with Gasteiger partial charge in [0, 0.05) is 38.7 Å². The van der Waals surface area contributed by atoms with E-state index in [2.05, 4.69) is 17.1 Å². The Labute approximate surface area is 116 Å². The highest BCUT2D eigenvalue weighted by Gasteiger charge is 2.38. The molecule has 2 fully saturated rings. The fourth-order valence-electron chi connectivity index (χ4n) is 3.67. The molecule has 0 aromatic rings. The Balaban J connectivity index is 1.98. The first-order valence-corrected chi connectivity index (χ1v) is 7.76. The zero-order valence-corrected chi connectivity index (χ0v) is 12.3. The van der Waals surface area contributed by atoms with Gasteiger partial charge in [0.05, 0.1) is 0 Å². The average molecular weight is 268 g/mol. The van der Waals surface area contributed by atoms with E-state index in [1.807, 2.05) is 0 Å². The van der Waals surface area contributed by atoms with Crippen LogP contribution in [-0.2, 0) is 4.79 Å². The van der Waals surface area contributed by atoms with E-state index in [0.717, 1.165) is 31.8 Å². The Morgan fingerprint density at radius 1 is 1.42 bits per heavy atom. The van der Waals surface area contributed by atoms with Crippen molar-refractivity contribution in [2.75, 3.05) is 19.7 Å². The molecule has 4 heteroatoms. The molecule has 1 saturated heterocycles. The highest BCUT2D eigenvalue weighted by Crippen LogP contribution is 2.38. The summed E-state index contributed by atoms with van der Waals surface area (Å²) in [6.07, 6.45) is 5.80. The largest absolute Gasteiger partial charge is 0.396 e. The number of rotatable bonds is 6. The molecule has 0 spiro atoms. The van der Waals surface area contributed by atoms with Gasteiger partial charge in [-0.3, -0.25) is 9.69 Å². The molecule has 0 aromatic carbocycles. The number of amides is 1. The van der Waals surface area contributed by atoms with Crippen LogP contribution in [-0.4, -0.2) is 47.7 Å². The van der Waals surface area contributed by atoms with Crippen molar-refractivity contribution >= 4 is 5.91 Å². The van der Waals surface area contributed by atoms with Crippen LogP contribution in [0.1, 0.15) is 46.0 Å². The summed E-state index contributed by atoms with van der Waals surface area (Å²) < 4.78 is 0. The molecule has 3 atom stereocenters. The second-order valence-electron chi connectivity index (χ2n) is 6.28. The van der Waals surface area contributed by atoms with Gasteiger partial charge in [0.2, 0.25) is 5.91 Å². The highest BCUT2D eigenvalue weighted by molar-refractivity contribution is 5.73. The van der Waals surface area contributed by atoms with Crippen LogP contribution < -0.4 is 5.32 Å². The van der Waals surface area contributed by atoms with E-state index in [4.69, 9.17) is 0 Å². The van der Waals surface area contributed by atoms with Gasteiger partial charge in [-0.2, -0.15) is 0 Å². The van der Waals surface area contributed by atoms with E-state index >= 15 is 0 Å². The molecule has 0 aromatic heterocycles. The SMILES string of the molecule is CCC(C1CC1)N1CC(CCO)CC(NC(C)=O)C1. The van der Waals surface area contributed by atoms with Crippen LogP contribution in [0.25, 0.3) is 0 Å². The zero-order valence-electron chi connectivity index (χ0n) is 12.3. The first kappa shape index (κ1) is 14.8. The molecular weight excluding hydrogens is 240 g/mol. The maximum atomic E-state index is 11.3. The number of aliphatic hydroxyl groups is 1. The van der Waals surface area contributed by atoms with E-state index < -0.39 is 0 Å². The number of hydrogen-bond acceptors (Lipinski definition) is 3. The molecule has 1 aliphatic carbocycles. The number of aliphatic hydroxyl groups excluding tert-OH is 1. The van der Waals surface area contributed by atoms with Gasteiger partial charge in [-0.05, 0) is 43.9 Å². The number of hydrogen-bond donors (Lipinski definition) is 2. The lowest BCUT2D eigenvalue weighted by molar-refractivity contribution is -0.120. The van der Waals surface area contributed by atoms with Crippen LogP contribution in [0.3, 0.4) is 0 Å². The van der Waals surface area contributed by atoms with Crippen molar-refractivity contribution in [1.29, 1.82) is 0 Å². The summed E-state index contributed by atoms with van der Waals surface area (Å²) in [5.41, 5.74) is 0. The van der Waals surface area contributed by atoms with Gasteiger partial charge in [0.25, 0.3) is 0 Å². The third-order valence-corrected chi connectivity index (χ3v) is 4.56. The summed E-state index contributed by atoms with van der Waals surface area (Å²) in [5.74, 6) is 1.45. The Hall–Kier alpha value is -0.610. The van der Waals surface area contributed by atoms with Crippen LogP contribution in [0, 0.1) is 11.8 Å². The first-order chi connectivity index (χ1) is 9.13. The van der Waals surface area contributed by atoms with Crippen molar-refractivity contribution in [3.63, 3.8) is 0 Å². The van der Waals surface area contributed by atoms with Crippen LogP contribution in [0.5, 0.6) is 0 Å². The standard InChI is InChI=1S/C15H28N2O2/c1-3-15(13-4-5-13)17-9-12(6-7-18)8-14(10-17)16-11(2)19/h12-15,18H,3-10H2,1-2H3,(H,16,19). The molecule has 1 aliphatic heterocycles. The van der Waals surface area contributed by atoms with E-state index in [0.29, 0.717) is 12.0 Å². The van der Waals surface area contributed by atoms with Crippen molar-refractivity contribution in [1.82, 2.24) is 10.2 Å². The van der Waals surface area contributed by atoms with E-state index in [9.17, 15) is 9.90 Å². The predicted molar refractivity (Wildman–Crippen MR) is 75.8 cm³/mol. The van der Waals surface area contributed by atoms with Crippen molar-refractivity contribution in [2.45, 2.75) is 58.0 Å². The molecule has 3 unspecified atom stereocenters. The second-order valence-corrected chi connectivity index (χ2v) is 6.28. The molecule has 1 amide bonds. The minimum Gasteiger partial charge on any atom is -0.396 e. The van der Waals surface area contributed by atoms with E-state index in [-0.39, 0.29) is 18.6 Å². The number of carbonyl (C=O) groups is 1. The van der Waals surface area contributed by atoms with Crippen molar-refractivity contribution < 1.29 is 9.90 Å². The Morgan fingerprint density at radius 3 is 2.68 bits per heavy atom. The average Bonchev–Trinajstić information content (AvgIpc) is 3.13. The number of nitrogens with zero attached hydrogens (tertiary/aromatic N) is 1. The second kappa shape index (κ2) is 6.71. The minimum atomic E-state index is 0.0640. The summed E-state index contributed by atoms with van der Waals surface area (Å²) >= 11 is 0. The predicted octanol–water partition coefficient (Wildman–Crippen LogP) is 1.38. The molecule has 4 nitrogen and oxygen atoms in total. The van der Waals surface area contributed by atoms with Crippen molar-refractivity contribution in [2.24, 2.45) is 11.8 Å². The van der Waals surface area contributed by atoms with Gasteiger partial charge >= 0.3 is 0 Å². The lowest BCUT2D eigenvalue weighted by Crippen LogP contribution is -2.54. The topological polar surface area (TPSA) is 52.6 Å². The minimum absolute atomic E-state index is 0.0640. The Kier molecular flexibility index (Phi) is 5.22. The smallest absolute Gasteiger partial charge is 0.217 e. The third-order valence-electron chi connectivity index (χ3n) is 4.56. The molecule has 19 heavy (non-hydrogen) atoms. The van der Waals surface area contributed by atoms with Gasteiger partial charge in [0.1, 0.15) is 0 Å². The summed E-state index contributed by atoms with van der Waals surface area (Å²) in [6, 6.07) is 0.938. The highest BCUT2D eigenvalue weighted by atomic mass is 16.3. The van der Waals surface area contributed by atoms with Gasteiger partial charge < -0.3 is 10.4 Å². The molecule has 1 heterocycles. The molecule has 0 bridgehead atoms. The van der Waals surface area contributed by atoms with E-state index in [1.165, 1.54) is 19.3 Å². The Bertz CT molecular complexity index is 305. The van der Waals surface area contributed by atoms with Crippen LogP contribution in [0.15, 0.2) is 0 Å². The summed E-state index contributed by atoms with van der Waals surface area (Å²) in [6.45, 7) is 6.19. The normalized spacial score (nSPS) is 30.1. The fraction of sp³-hybridized carbons (Fsp3) is 0.933. The summed E-state index contributed by atoms with van der Waals surface area (Å²) in [4.78, 5) is 13.9. The third kappa shape index (κ3) is 4.18.